The summed E-state index contributed by atoms with van der Waals surface area (Å²) in [6, 6.07) is 10.9. The van der Waals surface area contributed by atoms with Crippen LogP contribution in [0.2, 0.25) is 0 Å². The zero-order valence-electron chi connectivity index (χ0n) is 10.4. The van der Waals surface area contributed by atoms with Crippen molar-refractivity contribution >= 4 is 0 Å². The molecule has 0 spiro atoms. The Morgan fingerprint density at radius 1 is 1.06 bits per heavy atom. The van der Waals surface area contributed by atoms with E-state index in [2.05, 4.69) is 63.3 Å². The highest BCUT2D eigenvalue weighted by Crippen LogP contribution is 2.51. The predicted octanol–water partition coefficient (Wildman–Crippen LogP) is 4.70. The topological polar surface area (TPSA) is 0 Å². The first-order valence-electron chi connectivity index (χ1n) is 6.05. The van der Waals surface area contributed by atoms with Crippen LogP contribution in [0.4, 0.5) is 0 Å². The first-order chi connectivity index (χ1) is 7.68. The fourth-order valence-electron chi connectivity index (χ4n) is 2.19. The largest absolute Gasteiger partial charge is 0.0764 e. The minimum absolute atomic E-state index is 0.767. The number of hydrogen-bond donors (Lipinski definition) is 0. The molecule has 0 radical (unpaired) electrons. The summed E-state index contributed by atoms with van der Waals surface area (Å²) in [5, 5.41) is 0. The first-order valence-corrected chi connectivity index (χ1v) is 6.05. The van der Waals surface area contributed by atoms with Crippen molar-refractivity contribution in [2.75, 3.05) is 0 Å². The molecule has 0 aliphatic heterocycles. The fourth-order valence-corrected chi connectivity index (χ4v) is 2.19. The zero-order chi connectivity index (χ0) is 11.5. The van der Waals surface area contributed by atoms with Gasteiger partial charge in [-0.05, 0) is 44.6 Å². The van der Waals surface area contributed by atoms with Crippen LogP contribution in [0.1, 0.15) is 38.7 Å². The molecule has 0 aromatic heterocycles. The first kappa shape index (κ1) is 11.2. The molecule has 1 aliphatic rings. The lowest BCUT2D eigenvalue weighted by Gasteiger charge is -2.00. The van der Waals surface area contributed by atoms with Gasteiger partial charge < -0.3 is 0 Å². The second-order valence-corrected chi connectivity index (χ2v) is 5.01. The summed E-state index contributed by atoms with van der Waals surface area (Å²) in [4.78, 5) is 0. The summed E-state index contributed by atoms with van der Waals surface area (Å²) < 4.78 is 0. The highest BCUT2D eigenvalue weighted by molar-refractivity contribution is 5.32. The van der Waals surface area contributed by atoms with E-state index in [0.29, 0.717) is 0 Å². The van der Waals surface area contributed by atoms with E-state index >= 15 is 0 Å². The van der Waals surface area contributed by atoms with Crippen LogP contribution in [0, 0.1) is 5.92 Å². The second kappa shape index (κ2) is 4.69. The summed E-state index contributed by atoms with van der Waals surface area (Å²) in [5.74, 6) is 1.54. The van der Waals surface area contributed by atoms with Crippen molar-refractivity contribution < 1.29 is 0 Å². The Kier molecular flexibility index (Phi) is 3.28. The monoisotopic (exact) mass is 212 g/mol. The molecular weight excluding hydrogens is 192 g/mol. The molecule has 1 saturated carbocycles. The molecule has 84 valence electrons. The van der Waals surface area contributed by atoms with Crippen LogP contribution in [0.15, 0.2) is 53.6 Å². The lowest BCUT2D eigenvalue weighted by atomic mass is 10.1. The Labute approximate surface area is 98.7 Å². The van der Waals surface area contributed by atoms with Gasteiger partial charge >= 0.3 is 0 Å². The van der Waals surface area contributed by atoms with Crippen molar-refractivity contribution in [2.24, 2.45) is 5.92 Å². The molecule has 0 amide bonds. The number of rotatable bonds is 3. The van der Waals surface area contributed by atoms with Gasteiger partial charge in [0.05, 0.1) is 0 Å². The molecule has 0 unspecified atom stereocenters. The van der Waals surface area contributed by atoms with Crippen molar-refractivity contribution in [1.29, 1.82) is 0 Å². The van der Waals surface area contributed by atoms with Gasteiger partial charge in [0.15, 0.2) is 0 Å². The van der Waals surface area contributed by atoms with Gasteiger partial charge in [-0.2, -0.15) is 0 Å². The quantitative estimate of drug-likeness (QED) is 0.637. The molecule has 0 heteroatoms. The molecule has 1 aliphatic carbocycles. The van der Waals surface area contributed by atoms with E-state index in [1.54, 1.807) is 0 Å². The molecule has 1 aromatic rings. The van der Waals surface area contributed by atoms with Crippen molar-refractivity contribution in [1.82, 2.24) is 0 Å². The summed E-state index contributed by atoms with van der Waals surface area (Å²) in [6.45, 7) is 6.55. The third-order valence-electron chi connectivity index (χ3n) is 3.28. The Bertz CT molecular complexity index is 405. The van der Waals surface area contributed by atoms with Crippen molar-refractivity contribution in [3.8, 4) is 0 Å². The van der Waals surface area contributed by atoms with Crippen LogP contribution in [0.3, 0.4) is 0 Å². The highest BCUT2D eigenvalue weighted by atomic mass is 14.4. The van der Waals surface area contributed by atoms with Crippen LogP contribution in [-0.4, -0.2) is 0 Å². The van der Waals surface area contributed by atoms with Gasteiger partial charge in [0, 0.05) is 0 Å². The molecule has 2 rings (SSSR count). The van der Waals surface area contributed by atoms with E-state index in [0.717, 1.165) is 11.8 Å². The number of hydrogen-bond acceptors (Lipinski definition) is 0. The van der Waals surface area contributed by atoms with E-state index in [9.17, 15) is 0 Å². The number of allylic oxidation sites excluding steroid dienone is 4. The molecule has 0 N–H and O–H groups in total. The molecule has 0 saturated heterocycles. The maximum absolute atomic E-state index is 2.28. The van der Waals surface area contributed by atoms with Crippen molar-refractivity contribution in [2.45, 2.75) is 33.1 Å². The van der Waals surface area contributed by atoms with Crippen molar-refractivity contribution in [3.05, 3.63) is 59.2 Å². The summed E-state index contributed by atoms with van der Waals surface area (Å²) in [5.41, 5.74) is 4.39. The second-order valence-electron chi connectivity index (χ2n) is 5.01. The van der Waals surface area contributed by atoms with Crippen LogP contribution in [0.25, 0.3) is 0 Å². The standard InChI is InChI=1S/C16H20/c1-12(2)9-10-13(3)15-11-16(15)14-7-5-4-6-8-14/h4-10,15-16H,11H2,1-3H3/b13-10+/t15-,16-/m0/s1. The average molecular weight is 212 g/mol. The maximum Gasteiger partial charge on any atom is -0.00902 e. The molecule has 2 atom stereocenters. The van der Waals surface area contributed by atoms with Gasteiger partial charge in [0.1, 0.15) is 0 Å². The maximum atomic E-state index is 2.28. The normalized spacial score (nSPS) is 24.1. The van der Waals surface area contributed by atoms with Crippen LogP contribution in [0.5, 0.6) is 0 Å². The van der Waals surface area contributed by atoms with E-state index < -0.39 is 0 Å². The van der Waals surface area contributed by atoms with E-state index in [4.69, 9.17) is 0 Å². The fraction of sp³-hybridized carbons (Fsp3) is 0.375. The molecule has 0 bridgehead atoms. The van der Waals surface area contributed by atoms with Gasteiger partial charge in [-0.3, -0.25) is 0 Å². The van der Waals surface area contributed by atoms with Gasteiger partial charge in [-0.25, -0.2) is 0 Å². The summed E-state index contributed by atoms with van der Waals surface area (Å²) in [7, 11) is 0. The molecule has 16 heavy (non-hydrogen) atoms. The summed E-state index contributed by atoms with van der Waals surface area (Å²) >= 11 is 0. The average Bonchev–Trinajstić information content (AvgIpc) is 3.07. The van der Waals surface area contributed by atoms with Crippen LogP contribution >= 0.6 is 0 Å². The van der Waals surface area contributed by atoms with E-state index in [1.807, 2.05) is 0 Å². The molecule has 1 fully saturated rings. The lowest BCUT2D eigenvalue weighted by Crippen LogP contribution is -1.84. The van der Waals surface area contributed by atoms with Gasteiger partial charge in [0.2, 0.25) is 0 Å². The van der Waals surface area contributed by atoms with Gasteiger partial charge in [-0.15, -0.1) is 0 Å². The molecule has 0 nitrogen and oxygen atoms in total. The Morgan fingerprint density at radius 2 is 1.75 bits per heavy atom. The SMILES string of the molecule is CC(C)=C/C=C(\C)[C@@H]1C[C@H]1c1ccccc1. The minimum atomic E-state index is 0.767. The van der Waals surface area contributed by atoms with Gasteiger partial charge in [-0.1, -0.05) is 53.6 Å². The number of benzene rings is 1. The predicted molar refractivity (Wildman–Crippen MR) is 70.5 cm³/mol. The minimum Gasteiger partial charge on any atom is -0.0764 e. The summed E-state index contributed by atoms with van der Waals surface area (Å²) in [6.07, 6.45) is 5.82. The van der Waals surface area contributed by atoms with Crippen LogP contribution in [-0.2, 0) is 0 Å². The Balaban J connectivity index is 2.02. The van der Waals surface area contributed by atoms with Gasteiger partial charge in [0.25, 0.3) is 0 Å². The molecule has 0 heterocycles. The Hall–Kier alpha value is -1.30. The molecular formula is C16H20. The highest BCUT2D eigenvalue weighted by Gasteiger charge is 2.38. The third-order valence-corrected chi connectivity index (χ3v) is 3.28. The lowest BCUT2D eigenvalue weighted by molar-refractivity contribution is 0.938. The third kappa shape index (κ3) is 2.63. The van der Waals surface area contributed by atoms with Crippen molar-refractivity contribution in [3.63, 3.8) is 0 Å². The van der Waals surface area contributed by atoms with E-state index in [1.165, 1.54) is 23.1 Å². The van der Waals surface area contributed by atoms with E-state index in [-0.39, 0.29) is 0 Å². The zero-order valence-corrected chi connectivity index (χ0v) is 10.4. The smallest absolute Gasteiger partial charge is 0.00902 e. The van der Waals surface area contributed by atoms with Crippen LogP contribution < -0.4 is 0 Å². The Morgan fingerprint density at radius 3 is 2.38 bits per heavy atom. The molecule has 1 aromatic carbocycles.